The third-order valence-corrected chi connectivity index (χ3v) is 3.59. The maximum absolute atomic E-state index is 11.2. The monoisotopic (exact) mass is 238 g/mol. The van der Waals surface area contributed by atoms with Gasteiger partial charge in [0.2, 0.25) is 0 Å². The van der Waals surface area contributed by atoms with Crippen molar-refractivity contribution < 1.29 is 19.4 Å². The Kier molecular flexibility index (Phi) is 2.87. The molecule has 5 heteroatoms. The molecule has 0 aromatic heterocycles. The number of carbonyl (C=O) groups excluding carboxylic acids is 1. The van der Waals surface area contributed by atoms with Crippen LogP contribution in [0.3, 0.4) is 0 Å². The molecule has 0 amide bonds. The first kappa shape index (κ1) is 11.0. The number of hydrogen-bond donors (Lipinski definition) is 1. The molecule has 1 aromatic carbocycles. The third kappa shape index (κ3) is 2.04. The molecule has 1 saturated heterocycles. The molecule has 84 valence electrons. The van der Waals surface area contributed by atoms with E-state index in [9.17, 15) is 9.59 Å². The number of carboxylic acids is 1. The Balaban J connectivity index is 2.22. The normalized spacial score (nSPS) is 24.1. The highest BCUT2D eigenvalue weighted by atomic mass is 32.2. The van der Waals surface area contributed by atoms with Gasteiger partial charge in [-0.15, -0.1) is 0 Å². The van der Waals surface area contributed by atoms with Crippen molar-refractivity contribution in [2.24, 2.45) is 0 Å². The van der Waals surface area contributed by atoms with Crippen LogP contribution in [0.15, 0.2) is 35.2 Å². The van der Waals surface area contributed by atoms with Gasteiger partial charge in [0.15, 0.2) is 0 Å². The van der Waals surface area contributed by atoms with E-state index in [1.165, 1.54) is 0 Å². The maximum atomic E-state index is 11.2. The summed E-state index contributed by atoms with van der Waals surface area (Å²) in [5.74, 6) is -1.56. The lowest BCUT2D eigenvalue weighted by Gasteiger charge is -2.21. The highest BCUT2D eigenvalue weighted by molar-refractivity contribution is 8.01. The van der Waals surface area contributed by atoms with Gasteiger partial charge >= 0.3 is 11.9 Å². The fourth-order valence-corrected chi connectivity index (χ4v) is 2.60. The lowest BCUT2D eigenvalue weighted by molar-refractivity contribution is -0.160. The van der Waals surface area contributed by atoms with Crippen LogP contribution in [-0.2, 0) is 14.3 Å². The summed E-state index contributed by atoms with van der Waals surface area (Å²) in [6.45, 7) is 0. The maximum Gasteiger partial charge on any atom is 0.359 e. The van der Waals surface area contributed by atoms with Crippen LogP contribution < -0.4 is 0 Å². The zero-order chi connectivity index (χ0) is 11.6. The fraction of sp³-hybridized carbons (Fsp3) is 0.273. The molecule has 0 saturated carbocycles. The second-order valence-corrected chi connectivity index (χ2v) is 4.78. The van der Waals surface area contributed by atoms with Crippen molar-refractivity contribution in [3.8, 4) is 0 Å². The van der Waals surface area contributed by atoms with Crippen LogP contribution in [0.2, 0.25) is 0 Å². The van der Waals surface area contributed by atoms with Gasteiger partial charge in [-0.2, -0.15) is 0 Å². The molecule has 1 N–H and O–H groups in total. The Labute approximate surface area is 96.6 Å². The van der Waals surface area contributed by atoms with Gasteiger partial charge in [-0.3, -0.25) is 4.79 Å². The van der Waals surface area contributed by atoms with E-state index in [1.807, 2.05) is 18.2 Å². The first-order chi connectivity index (χ1) is 7.62. The molecule has 4 nitrogen and oxygen atoms in total. The summed E-state index contributed by atoms with van der Waals surface area (Å²) in [6.07, 6.45) is 0.368. The Bertz CT molecular complexity index is 417. The lowest BCUT2D eigenvalue weighted by atomic mass is 10.2. The smallest absolute Gasteiger partial charge is 0.359 e. The van der Waals surface area contributed by atoms with Crippen LogP contribution in [0.1, 0.15) is 12.8 Å². The quantitative estimate of drug-likeness (QED) is 0.815. The van der Waals surface area contributed by atoms with Crippen molar-refractivity contribution in [2.75, 3.05) is 0 Å². The molecule has 1 aliphatic heterocycles. The summed E-state index contributed by atoms with van der Waals surface area (Å²) in [6, 6.07) is 9.06. The molecule has 1 heterocycles. The van der Waals surface area contributed by atoms with Gasteiger partial charge in [-0.1, -0.05) is 30.0 Å². The first-order valence-electron chi connectivity index (χ1n) is 4.82. The standard InChI is InChI=1S/C11H10O4S/c12-9-6-7-11(15-9,10(13)14)16-8-4-2-1-3-5-8/h1-5H,6-7H2,(H,13,14). The lowest BCUT2D eigenvalue weighted by Crippen LogP contribution is -2.34. The number of ether oxygens (including phenoxy) is 1. The van der Waals surface area contributed by atoms with Crippen LogP contribution in [0.4, 0.5) is 0 Å². The molecule has 0 radical (unpaired) electrons. The minimum Gasteiger partial charge on any atom is -0.478 e. The summed E-state index contributed by atoms with van der Waals surface area (Å²) < 4.78 is 4.94. The van der Waals surface area contributed by atoms with Crippen molar-refractivity contribution in [3.63, 3.8) is 0 Å². The molecule has 0 aliphatic carbocycles. The van der Waals surface area contributed by atoms with Crippen molar-refractivity contribution >= 4 is 23.7 Å². The average Bonchev–Trinajstić information content (AvgIpc) is 2.63. The zero-order valence-electron chi connectivity index (χ0n) is 8.38. The highest BCUT2D eigenvalue weighted by Crippen LogP contribution is 2.42. The van der Waals surface area contributed by atoms with Crippen molar-refractivity contribution in [1.29, 1.82) is 0 Å². The number of thioether (sulfide) groups is 1. The predicted octanol–water partition coefficient (Wildman–Crippen LogP) is 1.90. The zero-order valence-corrected chi connectivity index (χ0v) is 9.20. The minimum absolute atomic E-state index is 0.159. The summed E-state index contributed by atoms with van der Waals surface area (Å²) in [7, 11) is 0. The summed E-state index contributed by atoms with van der Waals surface area (Å²) in [5, 5.41) is 9.14. The molecule has 0 bridgehead atoms. The van der Waals surface area contributed by atoms with E-state index in [0.29, 0.717) is 0 Å². The SMILES string of the molecule is O=C1CCC(Sc2ccccc2)(C(=O)O)O1. The Morgan fingerprint density at radius 3 is 2.56 bits per heavy atom. The summed E-state index contributed by atoms with van der Waals surface area (Å²) >= 11 is 1.07. The van der Waals surface area contributed by atoms with Crippen molar-refractivity contribution in [1.82, 2.24) is 0 Å². The van der Waals surface area contributed by atoms with E-state index in [4.69, 9.17) is 9.84 Å². The van der Waals surface area contributed by atoms with Crippen molar-refractivity contribution in [3.05, 3.63) is 30.3 Å². The molecule has 1 aromatic rings. The Hall–Kier alpha value is -1.49. The summed E-state index contributed by atoms with van der Waals surface area (Å²) in [5.41, 5.74) is 0. The minimum atomic E-state index is -1.45. The largest absolute Gasteiger partial charge is 0.478 e. The molecule has 2 rings (SSSR count). The molecule has 1 aliphatic rings. The second kappa shape index (κ2) is 4.17. The Morgan fingerprint density at radius 2 is 2.06 bits per heavy atom. The number of carboxylic acid groups (broad SMARTS) is 1. The molecule has 1 fully saturated rings. The molecule has 16 heavy (non-hydrogen) atoms. The van der Waals surface area contributed by atoms with E-state index in [-0.39, 0.29) is 12.8 Å². The van der Waals surface area contributed by atoms with E-state index in [2.05, 4.69) is 0 Å². The fourth-order valence-electron chi connectivity index (χ4n) is 1.50. The topological polar surface area (TPSA) is 63.6 Å². The van der Waals surface area contributed by atoms with E-state index in [1.54, 1.807) is 12.1 Å². The van der Waals surface area contributed by atoms with Crippen LogP contribution in [0, 0.1) is 0 Å². The van der Waals surface area contributed by atoms with Gasteiger partial charge in [-0.25, -0.2) is 4.79 Å². The highest BCUT2D eigenvalue weighted by Gasteiger charge is 2.48. The van der Waals surface area contributed by atoms with Crippen LogP contribution >= 0.6 is 11.8 Å². The number of rotatable bonds is 3. The number of aliphatic carboxylic acids is 1. The van der Waals surface area contributed by atoms with Gasteiger partial charge in [0, 0.05) is 11.3 Å². The van der Waals surface area contributed by atoms with Gasteiger partial charge in [0.1, 0.15) is 0 Å². The van der Waals surface area contributed by atoms with Gasteiger partial charge in [0.05, 0.1) is 6.42 Å². The molecular weight excluding hydrogens is 228 g/mol. The Morgan fingerprint density at radius 1 is 1.38 bits per heavy atom. The molecule has 1 atom stereocenters. The van der Waals surface area contributed by atoms with Crippen LogP contribution in [-0.4, -0.2) is 22.0 Å². The van der Waals surface area contributed by atoms with E-state index < -0.39 is 16.9 Å². The first-order valence-corrected chi connectivity index (χ1v) is 5.63. The van der Waals surface area contributed by atoms with Gasteiger partial charge in [-0.05, 0) is 12.1 Å². The summed E-state index contributed by atoms with van der Waals surface area (Å²) in [4.78, 5) is 21.6. The van der Waals surface area contributed by atoms with E-state index in [0.717, 1.165) is 16.7 Å². The number of hydrogen-bond acceptors (Lipinski definition) is 4. The average molecular weight is 238 g/mol. The van der Waals surface area contributed by atoms with Gasteiger partial charge in [0.25, 0.3) is 4.93 Å². The number of carbonyl (C=O) groups is 2. The second-order valence-electron chi connectivity index (χ2n) is 3.45. The number of esters is 1. The third-order valence-electron chi connectivity index (χ3n) is 2.29. The van der Waals surface area contributed by atoms with Crippen molar-refractivity contribution in [2.45, 2.75) is 22.7 Å². The predicted molar refractivity (Wildman–Crippen MR) is 58.0 cm³/mol. The molecular formula is C11H10O4S. The number of benzene rings is 1. The van der Waals surface area contributed by atoms with Gasteiger partial charge < -0.3 is 9.84 Å². The van der Waals surface area contributed by atoms with E-state index >= 15 is 0 Å². The molecule has 0 spiro atoms. The van der Waals surface area contributed by atoms with Crippen LogP contribution in [0.25, 0.3) is 0 Å². The number of cyclic esters (lactones) is 1. The molecule has 1 unspecified atom stereocenters. The van der Waals surface area contributed by atoms with Crippen LogP contribution in [0.5, 0.6) is 0 Å².